The first-order chi connectivity index (χ1) is 6.88. The highest BCUT2D eigenvalue weighted by molar-refractivity contribution is 7.07. The van der Waals surface area contributed by atoms with Crippen LogP contribution in [0.15, 0.2) is 16.8 Å². The van der Waals surface area contributed by atoms with Gasteiger partial charge in [-0.2, -0.15) is 11.3 Å². The van der Waals surface area contributed by atoms with Gasteiger partial charge in [0.2, 0.25) is 0 Å². The first kappa shape index (κ1) is 9.87. The molecule has 76 valence electrons. The monoisotopic (exact) mass is 209 g/mol. The van der Waals surface area contributed by atoms with Gasteiger partial charge in [-0.25, -0.2) is 0 Å². The number of carbonyl (C=O) groups is 1. The number of hydrogen-bond donors (Lipinski definition) is 0. The standard InChI is InChI=1S/C11H15NOS/c13-8-10-2-1-4-12(6-10)7-11-3-5-14-9-11/h3,5,8-10H,1-2,4,6-7H2. The summed E-state index contributed by atoms with van der Waals surface area (Å²) in [5.41, 5.74) is 1.38. The Morgan fingerprint density at radius 3 is 3.29 bits per heavy atom. The van der Waals surface area contributed by atoms with Crippen molar-refractivity contribution in [3.63, 3.8) is 0 Å². The number of rotatable bonds is 3. The Morgan fingerprint density at radius 2 is 2.57 bits per heavy atom. The SMILES string of the molecule is O=CC1CCCN(Cc2ccsc2)C1. The smallest absolute Gasteiger partial charge is 0.124 e. The van der Waals surface area contributed by atoms with Gasteiger partial charge in [0.1, 0.15) is 6.29 Å². The molecule has 1 saturated heterocycles. The Bertz CT molecular complexity index is 283. The van der Waals surface area contributed by atoms with Crippen molar-refractivity contribution >= 4 is 17.6 Å². The molecule has 0 radical (unpaired) electrons. The minimum atomic E-state index is 0.266. The van der Waals surface area contributed by atoms with Crippen molar-refractivity contribution in [2.24, 2.45) is 5.92 Å². The Labute approximate surface area is 88.5 Å². The fourth-order valence-electron chi connectivity index (χ4n) is 1.99. The van der Waals surface area contributed by atoms with Crippen LogP contribution in [0.4, 0.5) is 0 Å². The Morgan fingerprint density at radius 1 is 1.64 bits per heavy atom. The van der Waals surface area contributed by atoms with Crippen LogP contribution in [-0.2, 0) is 11.3 Å². The van der Waals surface area contributed by atoms with E-state index < -0.39 is 0 Å². The summed E-state index contributed by atoms with van der Waals surface area (Å²) in [5.74, 6) is 0.266. The second-order valence-corrected chi connectivity index (χ2v) is 4.69. The highest BCUT2D eigenvalue weighted by Gasteiger charge is 2.18. The van der Waals surface area contributed by atoms with Gasteiger partial charge in [0.15, 0.2) is 0 Å². The van der Waals surface area contributed by atoms with Crippen LogP contribution in [0.2, 0.25) is 0 Å². The summed E-state index contributed by atoms with van der Waals surface area (Å²) in [7, 11) is 0. The number of hydrogen-bond acceptors (Lipinski definition) is 3. The van der Waals surface area contributed by atoms with E-state index in [0.717, 1.165) is 38.8 Å². The molecule has 0 N–H and O–H groups in total. The van der Waals surface area contributed by atoms with Crippen LogP contribution < -0.4 is 0 Å². The fourth-order valence-corrected chi connectivity index (χ4v) is 2.65. The maximum atomic E-state index is 10.7. The van der Waals surface area contributed by atoms with Crippen LogP contribution in [-0.4, -0.2) is 24.3 Å². The molecule has 1 atom stereocenters. The zero-order valence-electron chi connectivity index (χ0n) is 8.19. The van der Waals surface area contributed by atoms with Crippen molar-refractivity contribution < 1.29 is 4.79 Å². The van der Waals surface area contributed by atoms with Gasteiger partial charge in [-0.1, -0.05) is 0 Å². The van der Waals surface area contributed by atoms with E-state index >= 15 is 0 Å². The average molecular weight is 209 g/mol. The van der Waals surface area contributed by atoms with Gasteiger partial charge in [-0.05, 0) is 41.8 Å². The van der Waals surface area contributed by atoms with Crippen LogP contribution in [0.3, 0.4) is 0 Å². The molecule has 0 amide bonds. The minimum absolute atomic E-state index is 0.266. The summed E-state index contributed by atoms with van der Waals surface area (Å²) < 4.78 is 0. The van der Waals surface area contributed by atoms with Crippen LogP contribution in [0.5, 0.6) is 0 Å². The molecule has 14 heavy (non-hydrogen) atoms. The molecule has 2 rings (SSSR count). The van der Waals surface area contributed by atoms with Gasteiger partial charge in [0, 0.05) is 19.0 Å². The Balaban J connectivity index is 1.89. The molecular formula is C11H15NOS. The quantitative estimate of drug-likeness (QED) is 0.711. The molecule has 0 saturated carbocycles. The zero-order valence-corrected chi connectivity index (χ0v) is 9.00. The molecule has 3 heteroatoms. The molecule has 0 spiro atoms. The highest BCUT2D eigenvalue weighted by Crippen LogP contribution is 2.17. The molecule has 0 aliphatic carbocycles. The average Bonchev–Trinajstić information content (AvgIpc) is 2.71. The normalized spacial score (nSPS) is 23.6. The van der Waals surface area contributed by atoms with Gasteiger partial charge in [-0.3, -0.25) is 4.90 Å². The maximum Gasteiger partial charge on any atom is 0.124 e. The van der Waals surface area contributed by atoms with E-state index in [2.05, 4.69) is 21.7 Å². The second-order valence-electron chi connectivity index (χ2n) is 3.91. The lowest BCUT2D eigenvalue weighted by Crippen LogP contribution is -2.35. The molecule has 0 aromatic carbocycles. The van der Waals surface area contributed by atoms with Crippen molar-refractivity contribution in [3.05, 3.63) is 22.4 Å². The molecule has 1 aromatic heterocycles. The lowest BCUT2D eigenvalue weighted by atomic mass is 9.99. The molecular weight excluding hydrogens is 194 g/mol. The van der Waals surface area contributed by atoms with Crippen LogP contribution >= 0.6 is 11.3 Å². The van der Waals surface area contributed by atoms with Gasteiger partial charge >= 0.3 is 0 Å². The first-order valence-corrected chi connectivity index (χ1v) is 6.01. The van der Waals surface area contributed by atoms with E-state index in [1.54, 1.807) is 11.3 Å². The third-order valence-corrected chi connectivity index (χ3v) is 3.45. The van der Waals surface area contributed by atoms with E-state index in [1.807, 2.05) is 0 Å². The van der Waals surface area contributed by atoms with Gasteiger partial charge in [-0.15, -0.1) is 0 Å². The minimum Gasteiger partial charge on any atom is -0.303 e. The number of thiophene rings is 1. The maximum absolute atomic E-state index is 10.7. The molecule has 2 heterocycles. The third kappa shape index (κ3) is 2.42. The topological polar surface area (TPSA) is 20.3 Å². The van der Waals surface area contributed by atoms with E-state index in [0.29, 0.717) is 0 Å². The fraction of sp³-hybridized carbons (Fsp3) is 0.545. The van der Waals surface area contributed by atoms with Crippen molar-refractivity contribution in [1.29, 1.82) is 0 Å². The largest absolute Gasteiger partial charge is 0.303 e. The predicted molar refractivity (Wildman–Crippen MR) is 58.4 cm³/mol. The summed E-state index contributed by atoms with van der Waals surface area (Å²) >= 11 is 1.74. The van der Waals surface area contributed by atoms with Crippen molar-refractivity contribution in [3.8, 4) is 0 Å². The molecule has 1 aliphatic heterocycles. The highest BCUT2D eigenvalue weighted by atomic mass is 32.1. The van der Waals surface area contributed by atoms with E-state index in [1.165, 1.54) is 5.56 Å². The van der Waals surface area contributed by atoms with Crippen molar-refractivity contribution in [1.82, 2.24) is 4.90 Å². The first-order valence-electron chi connectivity index (χ1n) is 5.07. The second kappa shape index (κ2) is 4.71. The molecule has 2 nitrogen and oxygen atoms in total. The summed E-state index contributed by atoms with van der Waals surface area (Å²) in [6.07, 6.45) is 3.34. The van der Waals surface area contributed by atoms with Crippen LogP contribution in [0.25, 0.3) is 0 Å². The van der Waals surface area contributed by atoms with Gasteiger partial charge in [0.05, 0.1) is 0 Å². The number of likely N-dealkylation sites (tertiary alicyclic amines) is 1. The van der Waals surface area contributed by atoms with Crippen LogP contribution in [0, 0.1) is 5.92 Å². The lowest BCUT2D eigenvalue weighted by molar-refractivity contribution is -0.112. The number of nitrogens with zero attached hydrogens (tertiary/aromatic N) is 1. The van der Waals surface area contributed by atoms with Gasteiger partial charge in [0.25, 0.3) is 0 Å². The molecule has 1 unspecified atom stereocenters. The summed E-state index contributed by atoms with van der Waals surface area (Å²) in [5, 5.41) is 4.29. The summed E-state index contributed by atoms with van der Waals surface area (Å²) in [6, 6.07) is 2.16. The number of aldehydes is 1. The zero-order chi connectivity index (χ0) is 9.80. The molecule has 1 aromatic rings. The summed E-state index contributed by atoms with van der Waals surface area (Å²) in [4.78, 5) is 13.1. The van der Waals surface area contributed by atoms with Crippen LogP contribution in [0.1, 0.15) is 18.4 Å². The predicted octanol–water partition coefficient (Wildman–Crippen LogP) is 2.16. The van der Waals surface area contributed by atoms with Gasteiger partial charge < -0.3 is 4.79 Å². The number of carbonyl (C=O) groups excluding carboxylic acids is 1. The Kier molecular flexibility index (Phi) is 3.32. The van der Waals surface area contributed by atoms with Crippen molar-refractivity contribution in [2.75, 3.05) is 13.1 Å². The van der Waals surface area contributed by atoms with E-state index in [4.69, 9.17) is 0 Å². The molecule has 1 aliphatic rings. The lowest BCUT2D eigenvalue weighted by Gasteiger charge is -2.29. The summed E-state index contributed by atoms with van der Waals surface area (Å²) in [6.45, 7) is 3.09. The molecule has 0 bridgehead atoms. The third-order valence-electron chi connectivity index (χ3n) is 2.72. The number of piperidine rings is 1. The molecule has 1 fully saturated rings. The Hall–Kier alpha value is -0.670. The van der Waals surface area contributed by atoms with E-state index in [9.17, 15) is 4.79 Å². The van der Waals surface area contributed by atoms with Crippen molar-refractivity contribution in [2.45, 2.75) is 19.4 Å². The van der Waals surface area contributed by atoms with E-state index in [-0.39, 0.29) is 5.92 Å².